The van der Waals surface area contributed by atoms with Crippen molar-refractivity contribution in [1.82, 2.24) is 4.57 Å². The summed E-state index contributed by atoms with van der Waals surface area (Å²) in [5.74, 6) is -0.848. The maximum Gasteiger partial charge on any atom is 0.333 e. The molecule has 0 radical (unpaired) electrons. The van der Waals surface area contributed by atoms with Gasteiger partial charge in [-0.2, -0.15) is 0 Å². The molecule has 3 rings (SSSR count). The Labute approximate surface area is 123 Å². The number of hydrogen-bond acceptors (Lipinski definition) is 1. The lowest BCUT2D eigenvalue weighted by Gasteiger charge is -2.04. The monoisotopic (exact) mass is 279 g/mol. The number of aliphatic carboxylic acids is 1. The molecular weight excluding hydrogens is 262 g/mol. The van der Waals surface area contributed by atoms with Crippen molar-refractivity contribution >= 4 is 34.0 Å². The second-order valence-electron chi connectivity index (χ2n) is 5.11. The van der Waals surface area contributed by atoms with Crippen LogP contribution in [-0.4, -0.2) is 15.6 Å². The molecule has 0 aliphatic rings. The summed E-state index contributed by atoms with van der Waals surface area (Å²) in [5.41, 5.74) is 2.51. The predicted octanol–water partition coefficient (Wildman–Crippen LogP) is 4.52. The topological polar surface area (TPSA) is 42.2 Å². The lowest BCUT2D eigenvalue weighted by Crippen LogP contribution is -2.02. The predicted molar refractivity (Wildman–Crippen MR) is 86.3 cm³/mol. The first kappa shape index (κ1) is 13.4. The van der Waals surface area contributed by atoms with Crippen LogP contribution in [0.25, 0.3) is 28.0 Å². The van der Waals surface area contributed by atoms with Gasteiger partial charge in [0, 0.05) is 17.0 Å². The number of nitrogens with zero attached hydrogens (tertiary/aromatic N) is 1. The van der Waals surface area contributed by atoms with Crippen LogP contribution in [0.2, 0.25) is 0 Å². The fraction of sp³-hybridized carbons (Fsp3) is 0.167. The smallest absolute Gasteiger partial charge is 0.333 e. The van der Waals surface area contributed by atoms with Gasteiger partial charge in [-0.05, 0) is 18.6 Å². The quantitative estimate of drug-likeness (QED) is 0.713. The first-order chi connectivity index (χ1) is 10.2. The van der Waals surface area contributed by atoms with Crippen LogP contribution in [0.3, 0.4) is 0 Å². The molecule has 0 spiro atoms. The summed E-state index contributed by atoms with van der Waals surface area (Å²) in [6, 6.07) is 16.2. The molecule has 0 aliphatic carbocycles. The largest absolute Gasteiger partial charge is 0.478 e. The number of fused-ring (bicyclic) bond motifs is 3. The Balaban J connectivity index is 2.34. The number of rotatable bonds is 4. The zero-order valence-corrected chi connectivity index (χ0v) is 11.9. The number of para-hydroxylation sites is 2. The molecule has 3 heteroatoms. The summed E-state index contributed by atoms with van der Waals surface area (Å²) >= 11 is 0. The molecule has 0 aliphatic heterocycles. The van der Waals surface area contributed by atoms with Crippen LogP contribution in [0.5, 0.6) is 0 Å². The third kappa shape index (κ3) is 2.31. The highest BCUT2D eigenvalue weighted by Crippen LogP contribution is 2.29. The van der Waals surface area contributed by atoms with Gasteiger partial charge in [0.1, 0.15) is 0 Å². The molecule has 0 fully saturated rings. The van der Waals surface area contributed by atoms with Crippen molar-refractivity contribution in [2.45, 2.75) is 19.8 Å². The standard InChI is InChI=1S/C18H17NO2/c1-2-7-13(18(20)21)12-19-16-10-5-3-8-14(16)15-9-4-6-11-17(15)19/h3-6,8-12H,2,7H2,1H3,(H,20,21). The fourth-order valence-electron chi connectivity index (χ4n) is 2.74. The summed E-state index contributed by atoms with van der Waals surface area (Å²) in [6.45, 7) is 1.99. The Bertz CT molecular complexity index is 789. The van der Waals surface area contributed by atoms with Crippen LogP contribution in [0.4, 0.5) is 0 Å². The first-order valence-electron chi connectivity index (χ1n) is 7.14. The molecule has 3 aromatic rings. The van der Waals surface area contributed by atoms with Gasteiger partial charge in [-0.1, -0.05) is 49.7 Å². The summed E-state index contributed by atoms with van der Waals surface area (Å²) in [4.78, 5) is 11.4. The van der Waals surface area contributed by atoms with E-state index in [0.29, 0.717) is 12.0 Å². The Morgan fingerprint density at radius 2 is 1.57 bits per heavy atom. The van der Waals surface area contributed by atoms with E-state index < -0.39 is 5.97 Å². The van der Waals surface area contributed by atoms with E-state index in [-0.39, 0.29) is 0 Å². The highest BCUT2D eigenvalue weighted by molar-refractivity contribution is 6.09. The second-order valence-corrected chi connectivity index (χ2v) is 5.11. The van der Waals surface area contributed by atoms with Gasteiger partial charge in [0.2, 0.25) is 0 Å². The third-order valence-corrected chi connectivity index (χ3v) is 3.70. The van der Waals surface area contributed by atoms with Crippen LogP contribution < -0.4 is 0 Å². The number of benzene rings is 2. The number of hydrogen-bond donors (Lipinski definition) is 1. The van der Waals surface area contributed by atoms with Gasteiger partial charge in [-0.3, -0.25) is 0 Å². The summed E-state index contributed by atoms with van der Waals surface area (Å²) in [5, 5.41) is 11.7. The Kier molecular flexibility index (Phi) is 3.48. The minimum atomic E-state index is -0.848. The highest BCUT2D eigenvalue weighted by atomic mass is 16.4. The van der Waals surface area contributed by atoms with E-state index in [0.717, 1.165) is 28.2 Å². The van der Waals surface area contributed by atoms with Gasteiger partial charge in [-0.25, -0.2) is 4.79 Å². The van der Waals surface area contributed by atoms with Crippen LogP contribution in [0.15, 0.2) is 54.1 Å². The lowest BCUT2D eigenvalue weighted by atomic mass is 10.1. The number of carboxylic acid groups (broad SMARTS) is 1. The van der Waals surface area contributed by atoms with Crippen molar-refractivity contribution < 1.29 is 9.90 Å². The zero-order valence-electron chi connectivity index (χ0n) is 11.9. The van der Waals surface area contributed by atoms with Crippen LogP contribution in [-0.2, 0) is 4.79 Å². The van der Waals surface area contributed by atoms with Crippen molar-refractivity contribution in [2.75, 3.05) is 0 Å². The van der Waals surface area contributed by atoms with Crippen LogP contribution in [0.1, 0.15) is 19.8 Å². The van der Waals surface area contributed by atoms with Crippen molar-refractivity contribution in [3.8, 4) is 0 Å². The summed E-state index contributed by atoms with van der Waals surface area (Å²) in [7, 11) is 0. The van der Waals surface area contributed by atoms with E-state index in [9.17, 15) is 9.90 Å². The maximum atomic E-state index is 11.4. The van der Waals surface area contributed by atoms with Gasteiger partial charge in [0.25, 0.3) is 0 Å². The highest BCUT2D eigenvalue weighted by Gasteiger charge is 2.11. The zero-order chi connectivity index (χ0) is 14.8. The molecule has 0 saturated heterocycles. The van der Waals surface area contributed by atoms with E-state index in [1.165, 1.54) is 0 Å². The Morgan fingerprint density at radius 3 is 2.05 bits per heavy atom. The van der Waals surface area contributed by atoms with Gasteiger partial charge < -0.3 is 9.67 Å². The third-order valence-electron chi connectivity index (χ3n) is 3.70. The van der Waals surface area contributed by atoms with E-state index >= 15 is 0 Å². The molecule has 0 saturated carbocycles. The molecule has 21 heavy (non-hydrogen) atoms. The number of carboxylic acids is 1. The van der Waals surface area contributed by atoms with Crippen molar-refractivity contribution in [3.05, 3.63) is 54.1 Å². The molecule has 1 N–H and O–H groups in total. The van der Waals surface area contributed by atoms with E-state index in [2.05, 4.69) is 12.1 Å². The van der Waals surface area contributed by atoms with E-state index in [1.54, 1.807) is 6.20 Å². The SMILES string of the molecule is CCCC(=Cn1c2ccccc2c2ccccc21)C(=O)O. The maximum absolute atomic E-state index is 11.4. The molecule has 1 aromatic heterocycles. The van der Waals surface area contributed by atoms with Crippen LogP contribution in [0, 0.1) is 0 Å². The molecule has 2 aromatic carbocycles. The first-order valence-corrected chi connectivity index (χ1v) is 7.14. The Morgan fingerprint density at radius 1 is 1.05 bits per heavy atom. The van der Waals surface area contributed by atoms with E-state index in [1.807, 2.05) is 47.9 Å². The van der Waals surface area contributed by atoms with Gasteiger partial charge in [-0.15, -0.1) is 0 Å². The Hall–Kier alpha value is -2.55. The molecule has 0 atom stereocenters. The van der Waals surface area contributed by atoms with Gasteiger partial charge in [0.05, 0.1) is 16.6 Å². The lowest BCUT2D eigenvalue weighted by molar-refractivity contribution is -0.132. The normalized spacial score (nSPS) is 12.1. The molecule has 106 valence electrons. The van der Waals surface area contributed by atoms with Gasteiger partial charge in [0.15, 0.2) is 0 Å². The van der Waals surface area contributed by atoms with Crippen molar-refractivity contribution in [2.24, 2.45) is 0 Å². The average molecular weight is 279 g/mol. The molecular formula is C18H17NO2. The minimum absolute atomic E-state index is 0.434. The summed E-state index contributed by atoms with van der Waals surface area (Å²) in [6.07, 6.45) is 3.14. The number of aromatic nitrogens is 1. The molecule has 0 unspecified atom stereocenters. The van der Waals surface area contributed by atoms with Crippen molar-refractivity contribution in [1.29, 1.82) is 0 Å². The molecule has 1 heterocycles. The van der Waals surface area contributed by atoms with Gasteiger partial charge >= 0.3 is 5.97 Å². The molecule has 0 bridgehead atoms. The average Bonchev–Trinajstić information content (AvgIpc) is 2.81. The van der Waals surface area contributed by atoms with Crippen LogP contribution >= 0.6 is 0 Å². The number of carbonyl (C=O) groups is 1. The van der Waals surface area contributed by atoms with Crippen molar-refractivity contribution in [3.63, 3.8) is 0 Å². The summed E-state index contributed by atoms with van der Waals surface area (Å²) < 4.78 is 1.99. The molecule has 3 nitrogen and oxygen atoms in total. The minimum Gasteiger partial charge on any atom is -0.478 e. The fourth-order valence-corrected chi connectivity index (χ4v) is 2.74. The van der Waals surface area contributed by atoms with E-state index in [4.69, 9.17) is 0 Å². The second kappa shape index (κ2) is 5.44. The molecule has 0 amide bonds.